The van der Waals surface area contributed by atoms with E-state index >= 15 is 0 Å². The van der Waals surface area contributed by atoms with Crippen LogP contribution in [0.2, 0.25) is 0 Å². The molecule has 0 aromatic carbocycles. The van der Waals surface area contributed by atoms with E-state index in [1.165, 1.54) is 0 Å². The zero-order valence-corrected chi connectivity index (χ0v) is 7.09. The summed E-state index contributed by atoms with van der Waals surface area (Å²) in [5, 5.41) is 2.54. The van der Waals surface area contributed by atoms with Gasteiger partial charge >= 0.3 is 0 Å². The van der Waals surface area contributed by atoms with Crippen LogP contribution in [0.15, 0.2) is 12.7 Å². The maximum atomic E-state index is 13.0. The first-order valence-corrected chi connectivity index (χ1v) is 3.89. The third-order valence-electron chi connectivity index (χ3n) is 1.94. The number of hydrogen-bond donors (Lipinski definition) is 1. The van der Waals surface area contributed by atoms with Gasteiger partial charge in [0.05, 0.1) is 6.04 Å². The van der Waals surface area contributed by atoms with E-state index in [0.717, 1.165) is 6.08 Å². The molecule has 1 saturated heterocycles. The van der Waals surface area contributed by atoms with Gasteiger partial charge in [0.25, 0.3) is 0 Å². The van der Waals surface area contributed by atoms with Gasteiger partial charge in [-0.05, 0) is 13.1 Å². The summed E-state index contributed by atoms with van der Waals surface area (Å²) in [4.78, 5) is 12.7. The van der Waals surface area contributed by atoms with Gasteiger partial charge in [0.1, 0.15) is 6.17 Å². The molecule has 0 aromatic heterocycles. The van der Waals surface area contributed by atoms with Crippen molar-refractivity contribution in [2.24, 2.45) is 0 Å². The number of nitrogens with zero attached hydrogens (tertiary/aromatic N) is 1. The normalized spacial score (nSPS) is 30.2. The zero-order valence-electron chi connectivity index (χ0n) is 7.09. The highest BCUT2D eigenvalue weighted by Crippen LogP contribution is 2.10. The lowest BCUT2D eigenvalue weighted by Crippen LogP contribution is -2.40. The van der Waals surface area contributed by atoms with Gasteiger partial charge < -0.3 is 10.2 Å². The van der Waals surface area contributed by atoms with Crippen molar-refractivity contribution in [1.29, 1.82) is 0 Å². The Hall–Kier alpha value is -0.900. The molecular formula is C8H13FN2O. The number of halogens is 1. The average molecular weight is 172 g/mol. The monoisotopic (exact) mass is 172 g/mol. The number of amides is 1. The van der Waals surface area contributed by atoms with E-state index in [1.807, 2.05) is 11.9 Å². The van der Waals surface area contributed by atoms with Gasteiger partial charge in [-0.25, -0.2) is 4.39 Å². The molecule has 1 amide bonds. The van der Waals surface area contributed by atoms with Crippen LogP contribution in [0.5, 0.6) is 0 Å². The third-order valence-corrected chi connectivity index (χ3v) is 1.94. The molecule has 3 nitrogen and oxygen atoms in total. The fraction of sp³-hybridized carbons (Fsp3) is 0.625. The molecule has 1 fully saturated rings. The molecule has 0 radical (unpaired) electrons. The minimum Gasteiger partial charge on any atom is -0.346 e. The molecule has 1 heterocycles. The molecular weight excluding hydrogens is 159 g/mol. The largest absolute Gasteiger partial charge is 0.346 e. The van der Waals surface area contributed by atoms with Crippen LogP contribution in [-0.2, 0) is 4.79 Å². The molecule has 2 atom stereocenters. The average Bonchev–Trinajstić information content (AvgIpc) is 2.30. The first-order chi connectivity index (χ1) is 5.63. The van der Waals surface area contributed by atoms with Crippen molar-refractivity contribution in [1.82, 2.24) is 10.2 Å². The van der Waals surface area contributed by atoms with Crippen LogP contribution >= 0.6 is 0 Å². The van der Waals surface area contributed by atoms with Crippen LogP contribution in [0.25, 0.3) is 0 Å². The second-order valence-corrected chi connectivity index (χ2v) is 3.06. The topological polar surface area (TPSA) is 32.3 Å². The Labute approximate surface area is 71.2 Å². The molecule has 0 bridgehead atoms. The minimum atomic E-state index is -0.959. The Kier molecular flexibility index (Phi) is 2.81. The van der Waals surface area contributed by atoms with E-state index in [1.54, 1.807) is 0 Å². The fourth-order valence-electron chi connectivity index (χ4n) is 1.33. The van der Waals surface area contributed by atoms with Crippen molar-refractivity contribution in [3.05, 3.63) is 12.7 Å². The summed E-state index contributed by atoms with van der Waals surface area (Å²) in [6.07, 6.45) is 0.198. The number of likely N-dealkylation sites (tertiary alicyclic amines) is 1. The molecule has 0 aromatic rings. The van der Waals surface area contributed by atoms with E-state index in [2.05, 4.69) is 11.9 Å². The summed E-state index contributed by atoms with van der Waals surface area (Å²) in [6, 6.07) is -0.375. The second kappa shape index (κ2) is 3.67. The lowest BCUT2D eigenvalue weighted by molar-refractivity contribution is -0.117. The van der Waals surface area contributed by atoms with Crippen molar-refractivity contribution >= 4 is 5.91 Å². The third kappa shape index (κ3) is 2.04. The number of carbonyl (C=O) groups is 1. The first-order valence-electron chi connectivity index (χ1n) is 3.89. The van der Waals surface area contributed by atoms with Crippen molar-refractivity contribution in [3.63, 3.8) is 0 Å². The molecule has 1 aliphatic heterocycles. The Morgan fingerprint density at radius 3 is 2.83 bits per heavy atom. The standard InChI is InChI=1S/C8H13FN2O/c1-3-8(12)10-7-5-11(2)4-6(7)9/h3,6-7H,1,4-5H2,2H3,(H,10,12). The SMILES string of the molecule is C=CC(=O)NC1CN(C)CC1F. The quantitative estimate of drug-likeness (QED) is 0.592. The lowest BCUT2D eigenvalue weighted by atomic mass is 10.2. The lowest BCUT2D eigenvalue weighted by Gasteiger charge is -2.12. The highest BCUT2D eigenvalue weighted by molar-refractivity contribution is 5.87. The van der Waals surface area contributed by atoms with Crippen LogP contribution in [0, 0.1) is 0 Å². The highest BCUT2D eigenvalue weighted by Gasteiger charge is 2.31. The fourth-order valence-corrected chi connectivity index (χ4v) is 1.33. The maximum Gasteiger partial charge on any atom is 0.243 e. The summed E-state index contributed by atoms with van der Waals surface area (Å²) in [7, 11) is 1.83. The summed E-state index contributed by atoms with van der Waals surface area (Å²) in [5.41, 5.74) is 0. The first kappa shape index (κ1) is 9.19. The molecule has 0 saturated carbocycles. The highest BCUT2D eigenvalue weighted by atomic mass is 19.1. The van der Waals surface area contributed by atoms with Crippen molar-refractivity contribution in [2.75, 3.05) is 20.1 Å². The number of carbonyl (C=O) groups excluding carboxylic acids is 1. The molecule has 1 N–H and O–H groups in total. The van der Waals surface area contributed by atoms with Gasteiger partial charge in [-0.2, -0.15) is 0 Å². The predicted molar refractivity (Wildman–Crippen MR) is 44.5 cm³/mol. The molecule has 1 rings (SSSR count). The smallest absolute Gasteiger partial charge is 0.243 e. The number of alkyl halides is 1. The number of likely N-dealkylation sites (N-methyl/N-ethyl adjacent to an activating group) is 1. The zero-order chi connectivity index (χ0) is 9.14. The summed E-state index contributed by atoms with van der Waals surface area (Å²) in [5.74, 6) is -0.307. The summed E-state index contributed by atoms with van der Waals surface area (Å²) in [6.45, 7) is 4.26. The number of rotatable bonds is 2. The molecule has 0 spiro atoms. The minimum absolute atomic E-state index is 0.307. The summed E-state index contributed by atoms with van der Waals surface area (Å²) >= 11 is 0. The van der Waals surface area contributed by atoms with Gasteiger partial charge in [0.15, 0.2) is 0 Å². The van der Waals surface area contributed by atoms with Crippen LogP contribution in [0.1, 0.15) is 0 Å². The Morgan fingerprint density at radius 2 is 2.42 bits per heavy atom. The number of hydrogen-bond acceptors (Lipinski definition) is 2. The molecule has 4 heteroatoms. The van der Waals surface area contributed by atoms with E-state index in [9.17, 15) is 9.18 Å². The Balaban J connectivity index is 2.42. The number of nitrogens with one attached hydrogen (secondary N) is 1. The van der Waals surface area contributed by atoms with Crippen LogP contribution < -0.4 is 5.32 Å². The predicted octanol–water partition coefficient (Wildman–Crippen LogP) is -0.0593. The van der Waals surface area contributed by atoms with E-state index < -0.39 is 6.17 Å². The van der Waals surface area contributed by atoms with E-state index in [0.29, 0.717) is 13.1 Å². The van der Waals surface area contributed by atoms with Crippen molar-refractivity contribution in [3.8, 4) is 0 Å². The van der Waals surface area contributed by atoms with Gasteiger partial charge in [0.2, 0.25) is 5.91 Å². The van der Waals surface area contributed by atoms with Crippen molar-refractivity contribution < 1.29 is 9.18 Å². The second-order valence-electron chi connectivity index (χ2n) is 3.06. The molecule has 0 aliphatic carbocycles. The molecule has 1 aliphatic rings. The van der Waals surface area contributed by atoms with E-state index in [4.69, 9.17) is 0 Å². The maximum absolute atomic E-state index is 13.0. The molecule has 12 heavy (non-hydrogen) atoms. The van der Waals surface area contributed by atoms with Crippen molar-refractivity contribution in [2.45, 2.75) is 12.2 Å². The van der Waals surface area contributed by atoms with Gasteiger partial charge in [0, 0.05) is 13.1 Å². The van der Waals surface area contributed by atoms with Crippen LogP contribution in [0.4, 0.5) is 4.39 Å². The Bertz CT molecular complexity index is 195. The summed E-state index contributed by atoms with van der Waals surface area (Å²) < 4.78 is 13.0. The van der Waals surface area contributed by atoms with Gasteiger partial charge in [-0.1, -0.05) is 6.58 Å². The van der Waals surface area contributed by atoms with Crippen LogP contribution in [-0.4, -0.2) is 43.2 Å². The van der Waals surface area contributed by atoms with E-state index in [-0.39, 0.29) is 11.9 Å². The van der Waals surface area contributed by atoms with Gasteiger partial charge in [-0.15, -0.1) is 0 Å². The van der Waals surface area contributed by atoms with Gasteiger partial charge in [-0.3, -0.25) is 4.79 Å². The molecule has 68 valence electrons. The molecule has 2 unspecified atom stereocenters. The van der Waals surface area contributed by atoms with Crippen LogP contribution in [0.3, 0.4) is 0 Å². The Morgan fingerprint density at radius 1 is 1.75 bits per heavy atom.